The van der Waals surface area contributed by atoms with E-state index in [0.717, 1.165) is 24.2 Å². The van der Waals surface area contributed by atoms with Gasteiger partial charge in [0, 0.05) is 11.8 Å². The molecule has 0 radical (unpaired) electrons. The van der Waals surface area contributed by atoms with Gasteiger partial charge in [0.2, 0.25) is 11.8 Å². The van der Waals surface area contributed by atoms with E-state index in [4.69, 9.17) is 4.42 Å². The standard InChI is InChI=1S/C18H18N4O/c1-2-7-14(8-3-1)18-21-20-17(23-18)13-22-12-6-10-16(22)15-9-4-5-11-19-15/h1-5,7-9,11,16H,6,10,12-13H2/t16-/m1/s1. The molecule has 0 unspecified atom stereocenters. The first-order chi connectivity index (χ1) is 11.4. The fourth-order valence-electron chi connectivity index (χ4n) is 3.11. The Morgan fingerprint density at radius 2 is 1.91 bits per heavy atom. The third kappa shape index (κ3) is 3.00. The molecule has 3 aromatic rings. The van der Waals surface area contributed by atoms with E-state index in [-0.39, 0.29) is 0 Å². The molecular formula is C18H18N4O. The number of rotatable bonds is 4. The van der Waals surface area contributed by atoms with Gasteiger partial charge in [0.15, 0.2) is 0 Å². The molecular weight excluding hydrogens is 288 g/mol. The summed E-state index contributed by atoms with van der Waals surface area (Å²) in [6, 6.07) is 16.3. The first kappa shape index (κ1) is 14.1. The summed E-state index contributed by atoms with van der Waals surface area (Å²) in [7, 11) is 0. The highest BCUT2D eigenvalue weighted by Crippen LogP contribution is 2.32. The maximum absolute atomic E-state index is 5.83. The molecule has 1 saturated heterocycles. The van der Waals surface area contributed by atoms with Gasteiger partial charge in [0.25, 0.3) is 0 Å². The van der Waals surface area contributed by atoms with E-state index in [0.29, 0.717) is 24.4 Å². The number of likely N-dealkylation sites (tertiary alicyclic amines) is 1. The first-order valence-electron chi connectivity index (χ1n) is 7.93. The minimum Gasteiger partial charge on any atom is -0.419 e. The van der Waals surface area contributed by atoms with Gasteiger partial charge in [-0.15, -0.1) is 10.2 Å². The molecule has 2 aromatic heterocycles. The van der Waals surface area contributed by atoms with E-state index in [2.05, 4.69) is 26.1 Å². The molecule has 23 heavy (non-hydrogen) atoms. The van der Waals surface area contributed by atoms with Gasteiger partial charge in [-0.2, -0.15) is 0 Å². The summed E-state index contributed by atoms with van der Waals surface area (Å²) in [5.74, 6) is 1.24. The third-order valence-corrected chi connectivity index (χ3v) is 4.22. The Morgan fingerprint density at radius 3 is 2.74 bits per heavy atom. The van der Waals surface area contributed by atoms with Crippen molar-refractivity contribution in [2.24, 2.45) is 0 Å². The van der Waals surface area contributed by atoms with Crippen LogP contribution < -0.4 is 0 Å². The average Bonchev–Trinajstić information content (AvgIpc) is 3.26. The fourth-order valence-corrected chi connectivity index (χ4v) is 3.11. The van der Waals surface area contributed by atoms with Gasteiger partial charge in [-0.05, 0) is 43.7 Å². The zero-order valence-electron chi connectivity index (χ0n) is 12.8. The van der Waals surface area contributed by atoms with Gasteiger partial charge in [0.1, 0.15) is 0 Å². The monoisotopic (exact) mass is 306 g/mol. The van der Waals surface area contributed by atoms with Crippen LogP contribution in [-0.2, 0) is 6.54 Å². The second kappa shape index (κ2) is 6.30. The second-order valence-corrected chi connectivity index (χ2v) is 5.75. The van der Waals surface area contributed by atoms with Crippen LogP contribution in [0.3, 0.4) is 0 Å². The lowest BCUT2D eigenvalue weighted by Crippen LogP contribution is -2.23. The lowest BCUT2D eigenvalue weighted by Gasteiger charge is -2.22. The van der Waals surface area contributed by atoms with E-state index in [1.54, 1.807) is 0 Å². The van der Waals surface area contributed by atoms with E-state index >= 15 is 0 Å². The summed E-state index contributed by atoms with van der Waals surface area (Å²) in [5, 5.41) is 8.37. The Bertz CT molecular complexity index is 757. The van der Waals surface area contributed by atoms with Crippen LogP contribution in [0.1, 0.15) is 30.5 Å². The molecule has 1 atom stereocenters. The zero-order chi connectivity index (χ0) is 15.5. The number of hydrogen-bond donors (Lipinski definition) is 0. The van der Waals surface area contributed by atoms with Crippen LogP contribution in [0.15, 0.2) is 59.1 Å². The summed E-state index contributed by atoms with van der Waals surface area (Å²) in [5.41, 5.74) is 2.07. The van der Waals surface area contributed by atoms with Gasteiger partial charge >= 0.3 is 0 Å². The van der Waals surface area contributed by atoms with Gasteiger partial charge in [0.05, 0.1) is 18.3 Å². The third-order valence-electron chi connectivity index (χ3n) is 4.22. The zero-order valence-corrected chi connectivity index (χ0v) is 12.8. The van der Waals surface area contributed by atoms with Crippen LogP contribution >= 0.6 is 0 Å². The Balaban J connectivity index is 1.51. The maximum Gasteiger partial charge on any atom is 0.247 e. The van der Waals surface area contributed by atoms with Crippen LogP contribution in [0, 0.1) is 0 Å². The molecule has 1 aliphatic heterocycles. The van der Waals surface area contributed by atoms with Crippen molar-refractivity contribution < 1.29 is 4.42 Å². The van der Waals surface area contributed by atoms with Crippen LogP contribution in [0.5, 0.6) is 0 Å². The lowest BCUT2D eigenvalue weighted by atomic mass is 10.1. The van der Waals surface area contributed by atoms with E-state index < -0.39 is 0 Å². The van der Waals surface area contributed by atoms with Crippen molar-refractivity contribution in [1.29, 1.82) is 0 Å². The molecule has 1 aromatic carbocycles. The van der Waals surface area contributed by atoms with Gasteiger partial charge in [-0.1, -0.05) is 24.3 Å². The molecule has 116 valence electrons. The molecule has 0 amide bonds. The fraction of sp³-hybridized carbons (Fsp3) is 0.278. The minimum atomic E-state index is 0.336. The second-order valence-electron chi connectivity index (χ2n) is 5.75. The highest BCUT2D eigenvalue weighted by Gasteiger charge is 2.28. The summed E-state index contributed by atoms with van der Waals surface area (Å²) in [6.45, 7) is 1.70. The van der Waals surface area contributed by atoms with Gasteiger partial charge in [-0.3, -0.25) is 9.88 Å². The Labute approximate surface area is 135 Å². The highest BCUT2D eigenvalue weighted by atomic mass is 16.4. The Kier molecular flexibility index (Phi) is 3.86. The maximum atomic E-state index is 5.83. The van der Waals surface area contributed by atoms with Crippen LogP contribution in [-0.4, -0.2) is 26.6 Å². The molecule has 0 aliphatic carbocycles. The summed E-state index contributed by atoms with van der Waals surface area (Å²) in [6.07, 6.45) is 4.14. The summed E-state index contributed by atoms with van der Waals surface area (Å²) in [4.78, 5) is 6.86. The average molecular weight is 306 g/mol. The molecule has 4 rings (SSSR count). The van der Waals surface area contributed by atoms with Crippen molar-refractivity contribution in [3.8, 4) is 11.5 Å². The van der Waals surface area contributed by atoms with E-state index in [1.165, 1.54) is 6.42 Å². The predicted octanol–water partition coefficient (Wildman–Crippen LogP) is 3.47. The number of benzene rings is 1. The highest BCUT2D eigenvalue weighted by molar-refractivity contribution is 5.51. The topological polar surface area (TPSA) is 55.1 Å². The van der Waals surface area contributed by atoms with Crippen molar-refractivity contribution >= 4 is 0 Å². The molecule has 5 heteroatoms. The number of nitrogens with zero attached hydrogens (tertiary/aromatic N) is 4. The summed E-state index contributed by atoms with van der Waals surface area (Å²) >= 11 is 0. The lowest BCUT2D eigenvalue weighted by molar-refractivity contribution is 0.221. The molecule has 3 heterocycles. The van der Waals surface area contributed by atoms with Crippen molar-refractivity contribution in [2.45, 2.75) is 25.4 Å². The number of hydrogen-bond acceptors (Lipinski definition) is 5. The predicted molar refractivity (Wildman–Crippen MR) is 86.4 cm³/mol. The molecule has 5 nitrogen and oxygen atoms in total. The van der Waals surface area contributed by atoms with Gasteiger partial charge in [-0.25, -0.2) is 0 Å². The van der Waals surface area contributed by atoms with Crippen molar-refractivity contribution in [3.05, 3.63) is 66.3 Å². The van der Waals surface area contributed by atoms with Crippen molar-refractivity contribution in [1.82, 2.24) is 20.1 Å². The van der Waals surface area contributed by atoms with E-state index in [1.807, 2.05) is 48.7 Å². The van der Waals surface area contributed by atoms with Crippen molar-refractivity contribution in [2.75, 3.05) is 6.54 Å². The van der Waals surface area contributed by atoms with E-state index in [9.17, 15) is 0 Å². The quantitative estimate of drug-likeness (QED) is 0.738. The Morgan fingerprint density at radius 1 is 1.04 bits per heavy atom. The van der Waals surface area contributed by atoms with Crippen LogP contribution in [0.25, 0.3) is 11.5 Å². The van der Waals surface area contributed by atoms with Gasteiger partial charge < -0.3 is 4.42 Å². The first-order valence-corrected chi connectivity index (χ1v) is 7.93. The summed E-state index contributed by atoms with van der Waals surface area (Å²) < 4.78 is 5.83. The van der Waals surface area contributed by atoms with Crippen LogP contribution in [0.2, 0.25) is 0 Å². The van der Waals surface area contributed by atoms with Crippen LogP contribution in [0.4, 0.5) is 0 Å². The smallest absolute Gasteiger partial charge is 0.247 e. The Hall–Kier alpha value is -2.53. The molecule has 0 N–H and O–H groups in total. The number of pyridine rings is 1. The van der Waals surface area contributed by atoms with Crippen molar-refractivity contribution in [3.63, 3.8) is 0 Å². The molecule has 1 fully saturated rings. The SMILES string of the molecule is c1ccc(-c2nnc(CN3CCC[C@@H]3c3ccccn3)o2)cc1. The largest absolute Gasteiger partial charge is 0.419 e. The molecule has 0 bridgehead atoms. The molecule has 1 aliphatic rings. The molecule has 0 spiro atoms. The normalized spacial score (nSPS) is 18.3. The molecule has 0 saturated carbocycles. The minimum absolute atomic E-state index is 0.336. The number of aromatic nitrogens is 3.